The lowest BCUT2D eigenvalue weighted by Gasteiger charge is -2.49. The Balaban J connectivity index is 1.09. The molecule has 10 heteroatoms. The van der Waals surface area contributed by atoms with E-state index in [0.29, 0.717) is 53.8 Å². The Morgan fingerprint density at radius 3 is 2.62 bits per heavy atom. The maximum Gasteiger partial charge on any atom is 0.355 e. The van der Waals surface area contributed by atoms with E-state index >= 15 is 0 Å². The van der Waals surface area contributed by atoms with Gasteiger partial charge >= 0.3 is 5.97 Å². The van der Waals surface area contributed by atoms with Gasteiger partial charge in [0.1, 0.15) is 11.4 Å². The maximum atomic E-state index is 14.0. The molecule has 0 saturated heterocycles. The number of pyridine rings is 1. The number of benzene rings is 2. The highest BCUT2D eigenvalue weighted by Crippen LogP contribution is 2.76. The lowest BCUT2D eigenvalue weighted by molar-refractivity contribution is -0.000696. The summed E-state index contributed by atoms with van der Waals surface area (Å²) in [5, 5.41) is 18.8. The summed E-state index contributed by atoms with van der Waals surface area (Å²) in [6.07, 6.45) is 7.58. The van der Waals surface area contributed by atoms with Gasteiger partial charge in [0.05, 0.1) is 6.61 Å². The molecule has 4 saturated carbocycles. The zero-order valence-corrected chi connectivity index (χ0v) is 27.2. The number of thiophene rings is 1. The lowest BCUT2D eigenvalue weighted by atomic mass is 9.56. The van der Waals surface area contributed by atoms with Crippen LogP contribution >= 0.6 is 11.3 Å². The predicted octanol–water partition coefficient (Wildman–Crippen LogP) is 6.52. The van der Waals surface area contributed by atoms with Crippen LogP contribution in [-0.4, -0.2) is 40.0 Å². The molecule has 4 aromatic rings. The number of rotatable bonds is 7. The maximum absolute atomic E-state index is 14.0. The monoisotopic (exact) mass is 660 g/mol. The van der Waals surface area contributed by atoms with Crippen molar-refractivity contribution in [2.24, 2.45) is 28.9 Å². The molecule has 0 radical (unpaired) electrons. The highest BCUT2D eigenvalue weighted by molar-refractivity contribution is 7.13. The summed E-state index contributed by atoms with van der Waals surface area (Å²) in [7, 11) is 0. The summed E-state index contributed by atoms with van der Waals surface area (Å²) in [5.41, 5.74) is 10.00. The van der Waals surface area contributed by atoms with Gasteiger partial charge in [0.25, 0.3) is 11.8 Å². The van der Waals surface area contributed by atoms with Gasteiger partial charge < -0.3 is 26.2 Å². The minimum atomic E-state index is -1.28. The van der Waals surface area contributed by atoms with Crippen molar-refractivity contribution in [3.05, 3.63) is 88.1 Å². The molecular formula is C38H36N4O5S. The summed E-state index contributed by atoms with van der Waals surface area (Å²) in [6.45, 7) is 0.832. The fourth-order valence-electron chi connectivity index (χ4n) is 10.0. The number of carbonyl (C=O) groups is 3. The van der Waals surface area contributed by atoms with Crippen LogP contribution in [0.25, 0.3) is 21.6 Å². The Morgan fingerprint density at radius 2 is 1.81 bits per heavy atom. The molecular weight excluding hydrogens is 625 g/mol. The number of ether oxygens (including phenoxy) is 1. The molecule has 9 rings (SSSR count). The topological polar surface area (TPSA) is 144 Å². The van der Waals surface area contributed by atoms with Crippen molar-refractivity contribution in [1.29, 1.82) is 0 Å². The fourth-order valence-corrected chi connectivity index (χ4v) is 11.0. The first-order valence-corrected chi connectivity index (χ1v) is 17.7. The summed E-state index contributed by atoms with van der Waals surface area (Å²) in [5.74, 6) is 0.677. The molecule has 1 aliphatic heterocycles. The highest BCUT2D eigenvalue weighted by Gasteiger charge is 2.71. The van der Waals surface area contributed by atoms with Gasteiger partial charge in [-0.1, -0.05) is 12.1 Å². The number of amides is 2. The number of nitrogens with one attached hydrogen (secondary N) is 2. The molecule has 5 unspecified atom stereocenters. The van der Waals surface area contributed by atoms with Crippen LogP contribution in [0.3, 0.4) is 0 Å². The van der Waals surface area contributed by atoms with Crippen molar-refractivity contribution in [2.45, 2.75) is 57.0 Å². The highest BCUT2D eigenvalue weighted by atomic mass is 32.1. The van der Waals surface area contributed by atoms with Crippen molar-refractivity contribution in [1.82, 2.24) is 10.3 Å². The molecule has 4 fully saturated rings. The molecule has 48 heavy (non-hydrogen) atoms. The second-order valence-electron chi connectivity index (χ2n) is 14.5. The van der Waals surface area contributed by atoms with Crippen LogP contribution in [0, 0.1) is 23.2 Å². The molecule has 4 aliphatic carbocycles. The van der Waals surface area contributed by atoms with Crippen molar-refractivity contribution >= 4 is 34.8 Å². The number of fused-ring (bicyclic) bond motifs is 5. The van der Waals surface area contributed by atoms with E-state index in [9.17, 15) is 19.5 Å². The Bertz CT molecular complexity index is 2020. The minimum absolute atomic E-state index is 0.0666. The van der Waals surface area contributed by atoms with Crippen LogP contribution in [-0.2, 0) is 13.0 Å². The molecule has 3 heterocycles. The average molecular weight is 661 g/mol. The third-order valence-corrected chi connectivity index (χ3v) is 12.9. The van der Waals surface area contributed by atoms with Gasteiger partial charge in [-0.2, -0.15) is 0 Å². The van der Waals surface area contributed by atoms with Gasteiger partial charge in [0.2, 0.25) is 0 Å². The molecule has 2 aromatic heterocycles. The predicted molar refractivity (Wildman–Crippen MR) is 182 cm³/mol. The fraction of sp³-hybridized carbons (Fsp3) is 0.368. The average Bonchev–Trinajstić information content (AvgIpc) is 3.63. The van der Waals surface area contributed by atoms with E-state index in [2.05, 4.69) is 21.7 Å². The van der Waals surface area contributed by atoms with Gasteiger partial charge in [-0.3, -0.25) is 9.59 Å². The van der Waals surface area contributed by atoms with Gasteiger partial charge in [0.15, 0.2) is 5.69 Å². The van der Waals surface area contributed by atoms with Gasteiger partial charge in [-0.05, 0) is 121 Å². The standard InChI is InChI=1S/C38H36N4O5S/c39-18-20-1-3-25(4-2-20)40-34(43)28-13-29-31(47-9-7-22-8-10-48-33(22)29)14-27(28)26-5-6-30(41-32(26)36(45)46)35(44)42-37-15-21-11-23-12-24(17-37)38(23,16-21)19-37/h1-6,8,10,13-14,21,23-24H,7,9,11-12,15-19,39H2,(H,40,43)(H,42,44)(H,45,46). The third kappa shape index (κ3) is 4.53. The zero-order valence-electron chi connectivity index (χ0n) is 26.4. The molecule has 2 amide bonds. The number of hydrogen-bond acceptors (Lipinski definition) is 7. The number of nitrogens with zero attached hydrogens (tertiary/aromatic N) is 1. The lowest BCUT2D eigenvalue weighted by Crippen LogP contribution is -2.50. The van der Waals surface area contributed by atoms with E-state index in [0.717, 1.165) is 46.7 Å². The quantitative estimate of drug-likeness (QED) is 0.177. The summed E-state index contributed by atoms with van der Waals surface area (Å²) in [6, 6.07) is 16.0. The first-order chi connectivity index (χ1) is 23.2. The number of aromatic nitrogens is 1. The van der Waals surface area contributed by atoms with E-state index in [-0.39, 0.29) is 34.0 Å². The van der Waals surface area contributed by atoms with Gasteiger partial charge in [-0.25, -0.2) is 9.78 Å². The van der Waals surface area contributed by atoms with Crippen LogP contribution in [0.15, 0.2) is 60.0 Å². The van der Waals surface area contributed by atoms with Crippen molar-refractivity contribution in [2.75, 3.05) is 11.9 Å². The number of aromatic carboxylic acids is 1. The molecule has 1 spiro atoms. The van der Waals surface area contributed by atoms with Gasteiger partial charge in [-0.15, -0.1) is 11.3 Å². The summed E-state index contributed by atoms with van der Waals surface area (Å²) >= 11 is 1.58. The Hall–Kier alpha value is -4.54. The number of nitrogens with two attached hydrogens (primary N) is 1. The Morgan fingerprint density at radius 1 is 0.958 bits per heavy atom. The van der Waals surface area contributed by atoms with Crippen LogP contribution < -0.4 is 21.1 Å². The third-order valence-electron chi connectivity index (χ3n) is 11.9. The van der Waals surface area contributed by atoms with Crippen LogP contribution in [0.5, 0.6) is 5.75 Å². The number of hydrogen-bond donors (Lipinski definition) is 4. The number of anilines is 1. The second kappa shape index (κ2) is 10.7. The SMILES string of the molecule is NCc1ccc(NC(=O)c2cc3c(cc2-c2ccc(C(=O)NC45CC6CC7CC(C4)C7(C6)C5)nc2C(=O)O)OCCc2ccsc2-3)cc1. The van der Waals surface area contributed by atoms with Crippen LogP contribution in [0.1, 0.15) is 81.0 Å². The second-order valence-corrected chi connectivity index (χ2v) is 15.4. The molecule has 5 N–H and O–H groups in total. The number of carboxylic acids is 1. The van der Waals surface area contributed by atoms with E-state index < -0.39 is 11.9 Å². The summed E-state index contributed by atoms with van der Waals surface area (Å²) in [4.78, 5) is 46.0. The van der Waals surface area contributed by atoms with Crippen LogP contribution in [0.4, 0.5) is 5.69 Å². The van der Waals surface area contributed by atoms with E-state index in [1.54, 1.807) is 47.7 Å². The van der Waals surface area contributed by atoms with Crippen LogP contribution in [0.2, 0.25) is 0 Å². The van der Waals surface area contributed by atoms with Gasteiger partial charge in [0, 0.05) is 51.3 Å². The molecule has 244 valence electrons. The zero-order chi connectivity index (χ0) is 32.8. The van der Waals surface area contributed by atoms with Crippen molar-refractivity contribution in [3.8, 4) is 27.3 Å². The van der Waals surface area contributed by atoms with Crippen molar-refractivity contribution in [3.63, 3.8) is 0 Å². The van der Waals surface area contributed by atoms with Crippen molar-refractivity contribution < 1.29 is 24.2 Å². The number of carbonyl (C=O) groups excluding carboxylic acids is 2. The molecule has 9 nitrogen and oxygen atoms in total. The Labute approximate surface area is 281 Å². The minimum Gasteiger partial charge on any atom is -0.493 e. The van der Waals surface area contributed by atoms with E-state index in [4.69, 9.17) is 10.5 Å². The molecule has 2 aromatic carbocycles. The smallest absolute Gasteiger partial charge is 0.355 e. The molecule has 5 aliphatic rings. The Kier molecular flexibility index (Phi) is 6.62. The largest absolute Gasteiger partial charge is 0.493 e. The summed E-state index contributed by atoms with van der Waals surface area (Å²) < 4.78 is 6.17. The molecule has 3 bridgehead atoms. The number of carboxylic acid groups (broad SMARTS) is 1. The first kappa shape index (κ1) is 29.6. The normalized spacial score (nSPS) is 27.1. The first-order valence-electron chi connectivity index (χ1n) is 16.8. The van der Waals surface area contributed by atoms with E-state index in [1.165, 1.54) is 19.3 Å². The molecule has 5 atom stereocenters. The van der Waals surface area contributed by atoms with E-state index in [1.807, 2.05) is 17.5 Å².